The van der Waals surface area contributed by atoms with E-state index in [-0.39, 0.29) is 16.8 Å². The Morgan fingerprint density at radius 2 is 0.783 bits per heavy atom. The summed E-state index contributed by atoms with van der Waals surface area (Å²) in [6.07, 6.45) is 0. The largest absolute Gasteiger partial charge is 0.118 e. The van der Waals surface area contributed by atoms with Gasteiger partial charge in [-0.15, -0.1) is 22.9 Å². The van der Waals surface area contributed by atoms with Gasteiger partial charge in [0.1, 0.15) is 0 Å². The van der Waals surface area contributed by atoms with E-state index in [9.17, 15) is 0 Å². The molecule has 19 heteroatoms. The van der Waals surface area contributed by atoms with Crippen LogP contribution in [0.3, 0.4) is 0 Å². The monoisotopic (exact) mass is 325 g/mol. The SMILES string of the molecule is [B]1BBBBC2BBBBC12.[B]1BBBBC2BBBBC12.[Co]. The minimum Gasteiger partial charge on any atom is -0.118 e. The molecule has 0 N–H and O–H groups in total. The molecule has 0 amide bonds. The van der Waals surface area contributed by atoms with E-state index in [0.717, 1.165) is 22.9 Å². The van der Waals surface area contributed by atoms with Gasteiger partial charge in [0.05, 0.1) is 57.4 Å². The molecule has 0 aromatic carbocycles. The maximum absolute atomic E-state index is 2.62. The van der Waals surface area contributed by atoms with Crippen molar-refractivity contribution in [2.75, 3.05) is 0 Å². The van der Waals surface area contributed by atoms with Crippen molar-refractivity contribution in [1.29, 1.82) is 0 Å². The van der Waals surface area contributed by atoms with Crippen LogP contribution in [-0.2, 0) is 16.8 Å². The van der Waals surface area contributed by atoms with E-state index in [0.29, 0.717) is 0 Å². The van der Waals surface area contributed by atoms with Crippen molar-refractivity contribution < 1.29 is 16.8 Å². The zero-order valence-corrected chi connectivity index (χ0v) is 16.2. The molecule has 4 fully saturated rings. The Morgan fingerprint density at radius 1 is 0.435 bits per heavy atom. The molecule has 0 spiro atoms. The van der Waals surface area contributed by atoms with Crippen LogP contribution in [0.25, 0.3) is 0 Å². The van der Waals surface area contributed by atoms with Crippen LogP contribution in [0.15, 0.2) is 0 Å². The summed E-state index contributed by atoms with van der Waals surface area (Å²) in [7, 11) is 29.1. The second kappa shape index (κ2) is 12.1. The minimum atomic E-state index is 0. The van der Waals surface area contributed by atoms with E-state index >= 15 is 0 Å². The topological polar surface area (TPSA) is 0 Å². The Bertz CT molecular complexity index is 257. The van der Waals surface area contributed by atoms with Gasteiger partial charge in [0, 0.05) is 87.4 Å². The summed E-state index contributed by atoms with van der Waals surface area (Å²) in [5.41, 5.74) is 4.22. The number of hydrogen-bond donors (Lipinski definition) is 0. The van der Waals surface area contributed by atoms with E-state index in [2.05, 4.69) is 14.3 Å². The molecule has 3 radical (unpaired) electrons. The molecule has 4 rings (SSSR count). The molecule has 4 atom stereocenters. The fraction of sp³-hybridized carbons (Fsp3) is 1.00. The van der Waals surface area contributed by atoms with Crippen LogP contribution < -0.4 is 0 Å². The van der Waals surface area contributed by atoms with Crippen molar-refractivity contribution in [2.24, 2.45) is 0 Å². The first kappa shape index (κ1) is 21.0. The Balaban J connectivity index is 0.000000160. The van der Waals surface area contributed by atoms with Crippen LogP contribution in [0, 0.1) is 0 Å². The van der Waals surface area contributed by atoms with Crippen molar-refractivity contribution in [1.82, 2.24) is 0 Å². The van der Waals surface area contributed by atoms with Crippen molar-refractivity contribution >= 4 is 128 Å². The van der Waals surface area contributed by atoms with Crippen LogP contribution in [-0.4, -0.2) is 128 Å². The first-order valence-corrected chi connectivity index (χ1v) is 10.6. The second-order valence-corrected chi connectivity index (χ2v) is 8.46. The van der Waals surface area contributed by atoms with Gasteiger partial charge in [-0.3, -0.25) is 0 Å². The van der Waals surface area contributed by atoms with Gasteiger partial charge in [0.25, 0.3) is 0 Å². The third-order valence-corrected chi connectivity index (χ3v) is 6.93. The molecule has 4 heterocycles. The van der Waals surface area contributed by atoms with Crippen LogP contribution in [0.5, 0.6) is 0 Å². The number of fused-ring (bicyclic) bond motifs is 2. The summed E-state index contributed by atoms with van der Waals surface area (Å²) in [6.45, 7) is 0. The maximum atomic E-state index is 2.62. The first-order valence-electron chi connectivity index (χ1n) is 10.6. The molecule has 4 aliphatic heterocycles. The van der Waals surface area contributed by atoms with Gasteiger partial charge in [0.2, 0.25) is 0 Å². The second-order valence-electron chi connectivity index (χ2n) is 8.46. The quantitative estimate of drug-likeness (QED) is 0.389. The van der Waals surface area contributed by atoms with Gasteiger partial charge in [-0.25, -0.2) is 0 Å². The van der Waals surface area contributed by atoms with Crippen LogP contribution >= 0.6 is 0 Å². The van der Waals surface area contributed by atoms with Gasteiger partial charge in [-0.1, -0.05) is 0 Å². The molecule has 0 saturated carbocycles. The Labute approximate surface area is 167 Å². The molecule has 0 aliphatic carbocycles. The molecule has 0 bridgehead atoms. The molecule has 0 aromatic heterocycles. The fourth-order valence-corrected chi connectivity index (χ4v) is 5.58. The van der Waals surface area contributed by atoms with E-state index in [1.165, 1.54) is 114 Å². The van der Waals surface area contributed by atoms with E-state index in [1.807, 2.05) is 0 Å². The summed E-state index contributed by atoms with van der Waals surface area (Å²) < 4.78 is 0. The van der Waals surface area contributed by atoms with Crippen LogP contribution in [0.1, 0.15) is 0 Å². The third kappa shape index (κ3) is 7.07. The van der Waals surface area contributed by atoms with Gasteiger partial charge >= 0.3 is 0 Å². The average molecular weight is 322 g/mol. The average Bonchev–Trinajstić information content (AvgIpc) is 2.95. The van der Waals surface area contributed by atoms with Crippen molar-refractivity contribution in [3.8, 4) is 0 Å². The summed E-state index contributed by atoms with van der Waals surface area (Å²) in [4.78, 5) is 0. The third-order valence-electron chi connectivity index (χ3n) is 6.93. The van der Waals surface area contributed by atoms with Crippen LogP contribution in [0.2, 0.25) is 22.9 Å². The normalized spacial score (nSPS) is 31.3. The predicted octanol–water partition coefficient (Wildman–Crippen LogP) is -9.79. The van der Waals surface area contributed by atoms with E-state index < -0.39 is 0 Å². The molecular formula is C4H20B18Co. The molecular weight excluding hydrogens is 302 g/mol. The van der Waals surface area contributed by atoms with Gasteiger partial charge < -0.3 is 0 Å². The summed E-state index contributed by atoms with van der Waals surface area (Å²) >= 11 is 0. The fourth-order valence-electron chi connectivity index (χ4n) is 5.58. The minimum absolute atomic E-state index is 0. The van der Waals surface area contributed by atoms with Crippen molar-refractivity contribution in [3.05, 3.63) is 0 Å². The maximum Gasteiger partial charge on any atom is 0.0704 e. The first-order chi connectivity index (χ1) is 10.9. The molecule has 4 unspecified atom stereocenters. The zero-order valence-electron chi connectivity index (χ0n) is 15.1. The Morgan fingerprint density at radius 3 is 1.22 bits per heavy atom. The molecule has 99 valence electrons. The molecule has 0 aromatic rings. The van der Waals surface area contributed by atoms with E-state index in [1.54, 1.807) is 0 Å². The van der Waals surface area contributed by atoms with Gasteiger partial charge in [-0.2, -0.15) is 0 Å². The summed E-state index contributed by atoms with van der Waals surface area (Å²) in [6, 6.07) is 0. The molecule has 4 saturated heterocycles. The van der Waals surface area contributed by atoms with E-state index in [4.69, 9.17) is 0 Å². The zero-order chi connectivity index (χ0) is 15.0. The number of hydrogen-bond acceptors (Lipinski definition) is 0. The van der Waals surface area contributed by atoms with Crippen molar-refractivity contribution in [2.45, 2.75) is 22.9 Å². The number of rotatable bonds is 0. The van der Waals surface area contributed by atoms with Gasteiger partial charge in [0.15, 0.2) is 0 Å². The van der Waals surface area contributed by atoms with Crippen molar-refractivity contribution in [3.63, 3.8) is 0 Å². The summed E-state index contributed by atoms with van der Waals surface area (Å²) in [5, 5.41) is 0. The molecule has 0 nitrogen and oxygen atoms in total. The Hall–Kier alpha value is 1.68. The Kier molecular flexibility index (Phi) is 11.1. The van der Waals surface area contributed by atoms with Crippen LogP contribution in [0.4, 0.5) is 0 Å². The molecule has 23 heavy (non-hydrogen) atoms. The predicted molar refractivity (Wildman–Crippen MR) is 141 cm³/mol. The smallest absolute Gasteiger partial charge is 0.0704 e. The van der Waals surface area contributed by atoms with Gasteiger partial charge in [-0.05, 0) is 0 Å². The standard InChI is InChI=1S/2C2H10B9.Co/c2*3-1-2(4-8-7-3)6-10-11-9-5-1;/h2*1-5,7-11H;. The summed E-state index contributed by atoms with van der Waals surface area (Å²) in [5.74, 6) is 0. The molecule has 4 aliphatic rings.